The van der Waals surface area contributed by atoms with Crippen molar-refractivity contribution in [1.82, 2.24) is 16.0 Å². The van der Waals surface area contributed by atoms with E-state index in [1.165, 1.54) is 0 Å². The number of nitrogens with two attached hydrogens (primary N) is 2. The summed E-state index contributed by atoms with van der Waals surface area (Å²) in [5.74, 6) is 5.55. The lowest BCUT2D eigenvalue weighted by atomic mass is 10.7. The smallest absolute Gasteiger partial charge is 0.147 e. The molecule has 0 amide bonds. The van der Waals surface area contributed by atoms with Crippen molar-refractivity contribution in [2.75, 3.05) is 17.8 Å². The first-order valence-electron chi connectivity index (χ1n) is 2.76. The summed E-state index contributed by atoms with van der Waals surface area (Å²) < 4.78 is 27.2. The Morgan fingerprint density at radius 2 is 2.00 bits per heavy atom. The second kappa shape index (κ2) is 5.35. The standard InChI is InChI=1S/C3H6N4.CH4O3S.H3N/c4-3-1-2-7(5)6-3;1-5(2,3)4;/h1-2H,5H2,(H2,4,6);1H3,(H,2,3,4);1H3. The lowest BCUT2D eigenvalue weighted by molar-refractivity contribution is 0.470. The van der Waals surface area contributed by atoms with E-state index in [1.807, 2.05) is 0 Å². The van der Waals surface area contributed by atoms with Gasteiger partial charge in [0.2, 0.25) is 0 Å². The number of aromatic nitrogens is 2. The van der Waals surface area contributed by atoms with Crippen LogP contribution < -0.4 is 17.7 Å². The van der Waals surface area contributed by atoms with Crippen LogP contribution in [0.15, 0.2) is 12.3 Å². The molecule has 8 N–H and O–H groups in total. The minimum Gasteiger partial charge on any atom is -0.748 e. The van der Waals surface area contributed by atoms with Crippen molar-refractivity contribution in [2.24, 2.45) is 0 Å². The van der Waals surface area contributed by atoms with Gasteiger partial charge in [-0.25, -0.2) is 8.42 Å². The molecule has 0 radical (unpaired) electrons. The topological polar surface area (TPSA) is 164 Å². The summed E-state index contributed by atoms with van der Waals surface area (Å²) in [5.41, 5.74) is 5.17. The molecule has 0 fully saturated rings. The average Bonchev–Trinajstić information content (AvgIpc) is 2.09. The van der Waals surface area contributed by atoms with Crippen molar-refractivity contribution in [3.8, 4) is 0 Å². The van der Waals surface area contributed by atoms with E-state index < -0.39 is 10.1 Å². The zero-order valence-electron chi connectivity index (χ0n) is 7.34. The summed E-state index contributed by atoms with van der Waals surface area (Å²) >= 11 is 0. The van der Waals surface area contributed by atoms with E-state index >= 15 is 0 Å². The van der Waals surface area contributed by atoms with Crippen LogP contribution in [0.2, 0.25) is 0 Å². The van der Waals surface area contributed by atoms with Crippen LogP contribution in [0.4, 0.5) is 5.82 Å². The van der Waals surface area contributed by atoms with Gasteiger partial charge in [0.1, 0.15) is 5.82 Å². The van der Waals surface area contributed by atoms with E-state index in [9.17, 15) is 0 Å². The first-order valence-corrected chi connectivity index (χ1v) is 4.58. The van der Waals surface area contributed by atoms with Crippen molar-refractivity contribution >= 4 is 15.9 Å². The SMILES string of the molecule is CS(=O)(=O)[O-].Nc1ccn(N)n1.[NH4+]. The summed E-state index contributed by atoms with van der Waals surface area (Å²) in [7, 11) is -3.92. The molecule has 0 aliphatic carbocycles. The highest BCUT2D eigenvalue weighted by molar-refractivity contribution is 7.84. The molecular weight excluding hydrogens is 198 g/mol. The molecule has 0 aromatic carbocycles. The maximum Gasteiger partial charge on any atom is 0.147 e. The van der Waals surface area contributed by atoms with Crippen LogP contribution in [0.3, 0.4) is 0 Å². The van der Waals surface area contributed by atoms with E-state index in [0.717, 1.165) is 4.79 Å². The maximum atomic E-state index is 9.08. The normalized spacial score (nSPS) is 9.38. The molecule has 9 heteroatoms. The Morgan fingerprint density at radius 3 is 2.08 bits per heavy atom. The Hall–Kier alpha value is -1.32. The van der Waals surface area contributed by atoms with Crippen LogP contribution in [-0.2, 0) is 10.1 Å². The van der Waals surface area contributed by atoms with Gasteiger partial charge in [-0.2, -0.15) is 4.79 Å². The summed E-state index contributed by atoms with van der Waals surface area (Å²) in [6.45, 7) is 0. The molecule has 0 aliphatic rings. The third-order valence-electron chi connectivity index (χ3n) is 0.629. The average molecular weight is 211 g/mol. The van der Waals surface area contributed by atoms with E-state index in [0.29, 0.717) is 12.1 Å². The number of nitrogens with zero attached hydrogens (tertiary/aromatic N) is 2. The second-order valence-electron chi connectivity index (χ2n) is 1.92. The molecule has 0 unspecified atom stereocenters. The predicted octanol–water partition coefficient (Wildman–Crippen LogP) is -1.28. The first-order chi connectivity index (χ1) is 5.29. The van der Waals surface area contributed by atoms with E-state index in [4.69, 9.17) is 24.5 Å². The zero-order valence-corrected chi connectivity index (χ0v) is 8.15. The number of quaternary nitrogens is 1. The van der Waals surface area contributed by atoms with Crippen LogP contribution in [0.5, 0.6) is 0 Å². The summed E-state index contributed by atoms with van der Waals surface area (Å²) in [6, 6.07) is 1.62. The molecule has 0 saturated carbocycles. The Bertz CT molecular complexity index is 307. The largest absolute Gasteiger partial charge is 0.748 e. The minimum absolute atomic E-state index is 0. The van der Waals surface area contributed by atoms with Gasteiger partial charge >= 0.3 is 0 Å². The Balaban J connectivity index is 0. The number of rotatable bonds is 0. The third-order valence-corrected chi connectivity index (χ3v) is 0.629. The fourth-order valence-corrected chi connectivity index (χ4v) is 0.353. The van der Waals surface area contributed by atoms with Crippen molar-refractivity contribution < 1.29 is 13.0 Å². The Morgan fingerprint density at radius 1 is 1.62 bits per heavy atom. The van der Waals surface area contributed by atoms with Gasteiger partial charge in [0.15, 0.2) is 0 Å². The fourth-order valence-electron chi connectivity index (χ4n) is 0.353. The van der Waals surface area contributed by atoms with Gasteiger partial charge in [-0.1, -0.05) is 0 Å². The van der Waals surface area contributed by atoms with Crippen LogP contribution in [0.1, 0.15) is 0 Å². The molecule has 78 valence electrons. The summed E-state index contributed by atoms with van der Waals surface area (Å²) in [6.07, 6.45) is 2.18. The van der Waals surface area contributed by atoms with Gasteiger partial charge in [0.05, 0.1) is 16.3 Å². The van der Waals surface area contributed by atoms with Gasteiger partial charge in [-0.15, -0.1) is 5.10 Å². The van der Waals surface area contributed by atoms with Gasteiger partial charge < -0.3 is 22.3 Å². The minimum atomic E-state index is -3.92. The fraction of sp³-hybridized carbons (Fsp3) is 0.250. The molecule has 0 bridgehead atoms. The van der Waals surface area contributed by atoms with Gasteiger partial charge in [0, 0.05) is 12.3 Å². The Kier molecular flexibility index (Phi) is 5.85. The van der Waals surface area contributed by atoms with Crippen molar-refractivity contribution in [3.63, 3.8) is 0 Å². The molecule has 8 nitrogen and oxygen atoms in total. The third kappa shape index (κ3) is 13.6. The molecule has 13 heavy (non-hydrogen) atoms. The van der Waals surface area contributed by atoms with Crippen molar-refractivity contribution in [2.45, 2.75) is 0 Å². The second-order valence-corrected chi connectivity index (χ2v) is 3.33. The summed E-state index contributed by atoms with van der Waals surface area (Å²) in [4.78, 5) is 1.16. The molecule has 1 heterocycles. The number of hydrogen-bond donors (Lipinski definition) is 3. The van der Waals surface area contributed by atoms with Crippen LogP contribution in [-0.4, -0.2) is 29.1 Å². The zero-order chi connectivity index (χ0) is 9.78. The molecule has 0 atom stereocenters. The predicted molar refractivity (Wildman–Crippen MR) is 48.4 cm³/mol. The van der Waals surface area contributed by atoms with E-state index in [1.54, 1.807) is 12.3 Å². The lowest BCUT2D eigenvalue weighted by Crippen LogP contribution is -2.08. The highest BCUT2D eigenvalue weighted by Crippen LogP contribution is 1.88. The highest BCUT2D eigenvalue weighted by atomic mass is 32.2. The van der Waals surface area contributed by atoms with Crippen LogP contribution in [0.25, 0.3) is 0 Å². The van der Waals surface area contributed by atoms with E-state index in [2.05, 4.69) is 5.10 Å². The first kappa shape index (κ1) is 14.2. The number of nitrogen functional groups attached to an aromatic ring is 2. The molecule has 0 saturated heterocycles. The van der Waals surface area contributed by atoms with Gasteiger partial charge in [-0.3, -0.25) is 0 Å². The van der Waals surface area contributed by atoms with Gasteiger partial charge in [0.25, 0.3) is 0 Å². The van der Waals surface area contributed by atoms with Crippen LogP contribution in [0, 0.1) is 0 Å². The molecule has 0 spiro atoms. The number of hydrogen-bond acceptors (Lipinski definition) is 6. The molecule has 1 rings (SSSR count). The quantitative estimate of drug-likeness (QED) is 0.357. The number of anilines is 1. The van der Waals surface area contributed by atoms with Crippen LogP contribution >= 0.6 is 0 Å². The molecule has 1 aromatic heterocycles. The molecule has 0 aliphatic heterocycles. The van der Waals surface area contributed by atoms with Crippen molar-refractivity contribution in [1.29, 1.82) is 0 Å². The monoisotopic (exact) mass is 211 g/mol. The molecule has 1 aromatic rings. The maximum absolute atomic E-state index is 9.08. The Labute approximate surface area is 75.8 Å². The molecular formula is C4H13N5O3S. The summed E-state index contributed by atoms with van der Waals surface area (Å²) in [5, 5.41) is 3.58. The van der Waals surface area contributed by atoms with Crippen molar-refractivity contribution in [3.05, 3.63) is 12.3 Å². The lowest BCUT2D eigenvalue weighted by Gasteiger charge is -1.90. The highest BCUT2D eigenvalue weighted by Gasteiger charge is 1.83. The van der Waals surface area contributed by atoms with Gasteiger partial charge in [-0.05, 0) is 0 Å². The van der Waals surface area contributed by atoms with E-state index in [-0.39, 0.29) is 6.15 Å².